The maximum atomic E-state index is 14.4. The van der Waals surface area contributed by atoms with Gasteiger partial charge in [-0.25, -0.2) is 14.6 Å². The normalized spacial score (nSPS) is 24.7. The number of aromatic nitrogens is 1. The van der Waals surface area contributed by atoms with Gasteiger partial charge < -0.3 is 39.4 Å². The first-order chi connectivity index (χ1) is 23.9. The number of ether oxygens (including phenoxy) is 3. The molecule has 1 amide bonds. The van der Waals surface area contributed by atoms with Crippen LogP contribution in [0.4, 0.5) is 5.13 Å². The lowest BCUT2D eigenvalue weighted by atomic mass is 9.43. The number of amides is 1. The summed E-state index contributed by atoms with van der Waals surface area (Å²) in [4.78, 5) is 50.6. The molecule has 15 heteroatoms. The van der Waals surface area contributed by atoms with E-state index in [2.05, 4.69) is 36.2 Å². The van der Waals surface area contributed by atoms with Gasteiger partial charge in [0.05, 0.1) is 24.8 Å². The third kappa shape index (κ3) is 8.11. The Hall–Kier alpha value is -3.69. The molecule has 2 bridgehead atoms. The molecule has 2 aromatic rings. The Labute approximate surface area is 310 Å². The lowest BCUT2D eigenvalue weighted by molar-refractivity contribution is -0.199. The quantitative estimate of drug-likeness (QED) is 0.129. The maximum absolute atomic E-state index is 14.4. The zero-order valence-corrected chi connectivity index (χ0v) is 33.2. The highest BCUT2D eigenvalue weighted by Crippen LogP contribution is 2.65. The smallest absolute Gasteiger partial charge is 0.482 e. The monoisotopic (exact) mass is 740 g/mol. The number of hydrogen-bond acceptors (Lipinski definition) is 13. The molecule has 4 aliphatic rings. The number of thiazole rings is 1. The van der Waals surface area contributed by atoms with E-state index in [-0.39, 0.29) is 46.0 Å². The Kier molecular flexibility index (Phi) is 10.6. The number of para-hydroxylation sites is 1. The first kappa shape index (κ1) is 39.5. The van der Waals surface area contributed by atoms with Crippen LogP contribution in [0.25, 0.3) is 0 Å². The number of nitrogens with zero attached hydrogens (tertiary/aromatic N) is 2. The molecule has 6 rings (SSSR count). The predicted octanol–water partition coefficient (Wildman–Crippen LogP) is 5.53. The molecule has 52 heavy (non-hydrogen) atoms. The molecule has 3 aliphatic carbocycles. The second-order valence-electron chi connectivity index (χ2n) is 17.2. The van der Waals surface area contributed by atoms with Gasteiger partial charge in [0.15, 0.2) is 10.8 Å². The maximum Gasteiger partial charge on any atom is 0.482 e. The summed E-state index contributed by atoms with van der Waals surface area (Å²) < 4.78 is 30.5. The number of nitrogens with two attached hydrogens (primary N) is 1. The number of esters is 2. The summed E-state index contributed by atoms with van der Waals surface area (Å²) >= 11 is 1.12. The number of methoxy groups -OCH3 is 1. The molecular weight excluding hydrogens is 687 g/mol. The topological polar surface area (TPSA) is 170 Å². The van der Waals surface area contributed by atoms with E-state index in [4.69, 9.17) is 34.1 Å². The molecule has 0 radical (unpaired) electrons. The summed E-state index contributed by atoms with van der Waals surface area (Å²) in [6.07, 6.45) is 1.86. The minimum Gasteiger partial charge on any atom is -0.496 e. The van der Waals surface area contributed by atoms with Crippen LogP contribution in [0.1, 0.15) is 111 Å². The summed E-state index contributed by atoms with van der Waals surface area (Å²) in [5, 5.41) is 9.03. The van der Waals surface area contributed by atoms with E-state index in [1.807, 2.05) is 6.07 Å². The van der Waals surface area contributed by atoms with Gasteiger partial charge in [-0.2, -0.15) is 0 Å². The summed E-state index contributed by atoms with van der Waals surface area (Å²) in [6, 6.07) is 5.19. The molecule has 5 atom stereocenters. The number of carbonyl (C=O) groups excluding carboxylic acids is 3. The number of anilines is 1. The standard InChI is InChI=1S/C37H53BN4O9S/c1-33(2,3)47-30(44)22-15-13-14-20(28(22)46-12)16-26(38-49-25-18-21-17-24(35(21,7)8)37(25,11)50-38)41-29(43)27(23-19-52-32(39)40-23)42-51-36(9,10)31(45)48-34(4,5)6/h13-15,19,21,24-26H,16-18H2,1-12H3,(H2,39,40)(H,41,43)/b42-27-. The van der Waals surface area contributed by atoms with Crippen LogP contribution in [0.15, 0.2) is 28.7 Å². The zero-order chi connectivity index (χ0) is 38.6. The Balaban J connectivity index is 1.50. The van der Waals surface area contributed by atoms with Gasteiger partial charge in [-0.15, -0.1) is 11.3 Å². The van der Waals surface area contributed by atoms with Crippen LogP contribution in [-0.2, 0) is 39.6 Å². The number of benzene rings is 1. The van der Waals surface area contributed by atoms with Crippen molar-refractivity contribution in [3.05, 3.63) is 40.4 Å². The predicted molar refractivity (Wildman–Crippen MR) is 198 cm³/mol. The van der Waals surface area contributed by atoms with Crippen LogP contribution in [0, 0.1) is 17.3 Å². The Bertz CT molecular complexity index is 1730. The fourth-order valence-corrected chi connectivity index (χ4v) is 7.99. The third-order valence-electron chi connectivity index (χ3n) is 10.2. The van der Waals surface area contributed by atoms with Crippen LogP contribution >= 0.6 is 11.3 Å². The largest absolute Gasteiger partial charge is 0.496 e. The van der Waals surface area contributed by atoms with E-state index in [0.717, 1.165) is 24.2 Å². The number of rotatable bonds is 11. The van der Waals surface area contributed by atoms with Gasteiger partial charge >= 0.3 is 19.1 Å². The Morgan fingerprint density at radius 1 is 1.08 bits per heavy atom. The average Bonchev–Trinajstić information content (AvgIpc) is 3.61. The molecule has 1 aromatic carbocycles. The molecule has 1 aliphatic heterocycles. The van der Waals surface area contributed by atoms with Crippen LogP contribution in [0.3, 0.4) is 0 Å². The van der Waals surface area contributed by atoms with Crippen molar-refractivity contribution in [2.45, 2.75) is 130 Å². The molecular formula is C37H53BN4O9S. The fourth-order valence-electron chi connectivity index (χ4n) is 7.44. The van der Waals surface area contributed by atoms with Crippen LogP contribution in [-0.4, -0.2) is 77.2 Å². The fraction of sp³-hybridized carbons (Fsp3) is 0.649. The van der Waals surface area contributed by atoms with Gasteiger partial charge in [0, 0.05) is 5.38 Å². The molecule has 2 heterocycles. The Morgan fingerprint density at radius 2 is 1.75 bits per heavy atom. The third-order valence-corrected chi connectivity index (χ3v) is 10.9. The number of carbonyl (C=O) groups is 3. The number of nitrogens with one attached hydrogen (secondary N) is 1. The SMILES string of the molecule is COc1c(CC(NC(=O)/C(=N\OC(C)(C)C(=O)OC(C)(C)C)c2csc(N)n2)B2OC3CC4CC(C4(C)C)C3(C)O2)cccc1C(=O)OC(C)(C)C. The number of hydrogen-bond donors (Lipinski definition) is 2. The van der Waals surface area contributed by atoms with Crippen molar-refractivity contribution in [2.24, 2.45) is 22.4 Å². The molecule has 0 spiro atoms. The van der Waals surface area contributed by atoms with Crippen molar-refractivity contribution in [3.8, 4) is 5.75 Å². The highest BCUT2D eigenvalue weighted by molar-refractivity contribution is 7.13. The molecule has 13 nitrogen and oxygen atoms in total. The molecule has 3 saturated carbocycles. The molecule has 284 valence electrons. The summed E-state index contributed by atoms with van der Waals surface area (Å²) in [5.74, 6) is -1.59. The van der Waals surface area contributed by atoms with Crippen LogP contribution < -0.4 is 15.8 Å². The van der Waals surface area contributed by atoms with E-state index < -0.39 is 53.3 Å². The van der Waals surface area contributed by atoms with Crippen molar-refractivity contribution in [3.63, 3.8) is 0 Å². The van der Waals surface area contributed by atoms with Crippen LogP contribution in [0.5, 0.6) is 5.75 Å². The number of oxime groups is 1. The van der Waals surface area contributed by atoms with Gasteiger partial charge in [0.2, 0.25) is 5.60 Å². The van der Waals surface area contributed by atoms with E-state index in [0.29, 0.717) is 17.2 Å². The molecule has 1 saturated heterocycles. The Morgan fingerprint density at radius 3 is 2.33 bits per heavy atom. The second-order valence-corrected chi connectivity index (χ2v) is 18.1. The average molecular weight is 741 g/mol. The first-order valence-corrected chi connectivity index (χ1v) is 18.6. The highest BCUT2D eigenvalue weighted by Gasteiger charge is 2.68. The van der Waals surface area contributed by atoms with Gasteiger partial charge in [-0.05, 0) is 110 Å². The van der Waals surface area contributed by atoms with Crippen molar-refractivity contribution in [1.29, 1.82) is 0 Å². The van der Waals surface area contributed by atoms with Gasteiger partial charge in [-0.3, -0.25) is 4.79 Å². The molecule has 5 unspecified atom stereocenters. The zero-order valence-electron chi connectivity index (χ0n) is 32.4. The summed E-state index contributed by atoms with van der Waals surface area (Å²) in [7, 11) is 0.611. The van der Waals surface area contributed by atoms with Crippen molar-refractivity contribution in [1.82, 2.24) is 10.3 Å². The lowest BCUT2D eigenvalue weighted by Crippen LogP contribution is -2.65. The molecule has 4 fully saturated rings. The summed E-state index contributed by atoms with van der Waals surface area (Å²) in [6.45, 7) is 20.3. The van der Waals surface area contributed by atoms with Gasteiger partial charge in [0.1, 0.15) is 28.2 Å². The van der Waals surface area contributed by atoms with E-state index in [9.17, 15) is 14.4 Å². The molecule has 3 N–H and O–H groups in total. The van der Waals surface area contributed by atoms with Gasteiger partial charge in [0.25, 0.3) is 5.91 Å². The second kappa shape index (κ2) is 13.9. The van der Waals surface area contributed by atoms with Gasteiger partial charge in [-0.1, -0.05) is 31.1 Å². The number of nitrogen functional groups attached to an aromatic ring is 1. The highest BCUT2D eigenvalue weighted by atomic mass is 32.1. The van der Waals surface area contributed by atoms with Crippen molar-refractivity contribution >= 4 is 47.1 Å². The van der Waals surface area contributed by atoms with E-state index >= 15 is 0 Å². The van der Waals surface area contributed by atoms with Crippen LogP contribution in [0.2, 0.25) is 0 Å². The minimum absolute atomic E-state index is 0.0931. The molecule has 1 aromatic heterocycles. The lowest BCUT2D eigenvalue weighted by Gasteiger charge is -2.64. The minimum atomic E-state index is -1.55. The summed E-state index contributed by atoms with van der Waals surface area (Å²) in [5.41, 5.74) is 3.23. The van der Waals surface area contributed by atoms with Crippen molar-refractivity contribution in [2.75, 3.05) is 12.8 Å². The van der Waals surface area contributed by atoms with Crippen molar-refractivity contribution < 1.29 is 42.7 Å². The van der Waals surface area contributed by atoms with E-state index in [1.165, 1.54) is 21.0 Å². The first-order valence-electron chi connectivity index (χ1n) is 17.7. The van der Waals surface area contributed by atoms with E-state index in [1.54, 1.807) is 59.1 Å².